The van der Waals surface area contributed by atoms with Gasteiger partial charge in [0.05, 0.1) is 24.8 Å². The maximum Gasteiger partial charge on any atom is 0.295 e. The summed E-state index contributed by atoms with van der Waals surface area (Å²) in [4.78, 5) is 15.6. The molecule has 0 fully saturated rings. The predicted molar refractivity (Wildman–Crippen MR) is 118 cm³/mol. The highest BCUT2D eigenvalue weighted by molar-refractivity contribution is 6.34. The van der Waals surface area contributed by atoms with Gasteiger partial charge in [0, 0.05) is 30.4 Å². The average molecular weight is 431 g/mol. The number of halogens is 1. The highest BCUT2D eigenvalue weighted by atomic mass is 35.5. The molecule has 0 amide bonds. The molecule has 0 radical (unpaired) electrons. The molecule has 1 aliphatic heterocycles. The number of benzene rings is 1. The predicted octanol–water partition coefficient (Wildman–Crippen LogP) is 4.19. The first-order valence-electron chi connectivity index (χ1n) is 9.92. The number of aliphatic hydroxyl groups excluding tert-OH is 1. The minimum Gasteiger partial charge on any atom is -0.475 e. The van der Waals surface area contributed by atoms with Gasteiger partial charge in [-0.1, -0.05) is 31.0 Å². The molecule has 0 spiro atoms. The van der Waals surface area contributed by atoms with Gasteiger partial charge in [0.1, 0.15) is 0 Å². The Hall–Kier alpha value is -2.64. The number of nitrogens with zero attached hydrogens (tertiary/aromatic N) is 4. The number of aliphatic imine (C=N–C) groups is 2. The lowest BCUT2D eigenvalue weighted by atomic mass is 10.1. The van der Waals surface area contributed by atoms with Gasteiger partial charge in [0.15, 0.2) is 12.0 Å². The van der Waals surface area contributed by atoms with E-state index in [0.717, 1.165) is 24.0 Å². The molecule has 160 valence electrons. The Labute approximate surface area is 182 Å². The maximum atomic E-state index is 9.47. The zero-order chi connectivity index (χ0) is 21.7. The molecule has 3 rings (SSSR count). The van der Waals surface area contributed by atoms with Crippen LogP contribution in [-0.2, 0) is 11.3 Å². The van der Waals surface area contributed by atoms with E-state index in [1.165, 1.54) is 0 Å². The molecule has 2 atom stereocenters. The van der Waals surface area contributed by atoms with Gasteiger partial charge in [-0.2, -0.15) is 4.99 Å². The highest BCUT2D eigenvalue weighted by Crippen LogP contribution is 2.29. The third-order valence-corrected chi connectivity index (χ3v) is 5.16. The van der Waals surface area contributed by atoms with Gasteiger partial charge in [-0.25, -0.2) is 9.98 Å². The van der Waals surface area contributed by atoms with Crippen LogP contribution in [0.5, 0.6) is 5.88 Å². The largest absolute Gasteiger partial charge is 0.475 e. The van der Waals surface area contributed by atoms with Crippen LogP contribution >= 0.6 is 11.6 Å². The summed E-state index contributed by atoms with van der Waals surface area (Å²) >= 11 is 6.39. The number of pyridine rings is 1. The van der Waals surface area contributed by atoms with Crippen molar-refractivity contribution in [3.05, 3.63) is 58.2 Å². The van der Waals surface area contributed by atoms with Crippen molar-refractivity contribution in [3.8, 4) is 5.88 Å². The molecule has 7 nitrogen and oxygen atoms in total. The van der Waals surface area contributed by atoms with E-state index >= 15 is 0 Å². The van der Waals surface area contributed by atoms with Crippen LogP contribution in [-0.4, -0.2) is 47.1 Å². The normalized spacial score (nSPS) is 17.3. The van der Waals surface area contributed by atoms with Crippen molar-refractivity contribution in [2.24, 2.45) is 9.98 Å². The minimum absolute atomic E-state index is 0.0938. The summed E-state index contributed by atoms with van der Waals surface area (Å²) in [6, 6.07) is 9.47. The van der Waals surface area contributed by atoms with Crippen molar-refractivity contribution in [1.29, 1.82) is 0 Å². The molecule has 0 bridgehead atoms. The van der Waals surface area contributed by atoms with Crippen LogP contribution in [0.2, 0.25) is 5.02 Å². The summed E-state index contributed by atoms with van der Waals surface area (Å²) in [5, 5.41) is 9.97. The lowest BCUT2D eigenvalue weighted by Gasteiger charge is -2.30. The molecule has 1 aromatic carbocycles. The number of amidine groups is 2. The molecule has 1 N–H and O–H groups in total. The van der Waals surface area contributed by atoms with Crippen LogP contribution in [0.3, 0.4) is 0 Å². The molecular weight excluding hydrogens is 404 g/mol. The number of methoxy groups -OCH3 is 1. The molecule has 2 aromatic rings. The Bertz CT molecular complexity index is 930. The molecule has 0 saturated carbocycles. The fourth-order valence-electron chi connectivity index (χ4n) is 3.25. The number of hydrogen-bond acceptors (Lipinski definition) is 7. The van der Waals surface area contributed by atoms with Gasteiger partial charge < -0.3 is 19.5 Å². The molecular formula is C22H27ClN4O3. The minimum atomic E-state index is -0.393. The van der Waals surface area contributed by atoms with Crippen LogP contribution in [0.1, 0.15) is 49.5 Å². The Kier molecular flexibility index (Phi) is 7.29. The van der Waals surface area contributed by atoms with E-state index in [1.54, 1.807) is 31.5 Å². The molecule has 1 unspecified atom stereocenters. The Morgan fingerprint density at radius 2 is 2.07 bits per heavy atom. The van der Waals surface area contributed by atoms with Crippen molar-refractivity contribution >= 4 is 23.5 Å². The monoisotopic (exact) mass is 430 g/mol. The standard InChI is InChI=1S/C22H27ClN4O3/c1-5-6-14(2)30-19-10-8-16(12-24-19)21-25-20(26-22(29-4)27(21)3)17-11-15(13-28)7-9-18(17)23/h7-12,14,21,28H,5-6,13H2,1-4H3/t14-,21?/m1/s1. The molecule has 0 aliphatic carbocycles. The van der Waals surface area contributed by atoms with Crippen LogP contribution in [0.25, 0.3) is 0 Å². The van der Waals surface area contributed by atoms with Crippen molar-refractivity contribution in [3.63, 3.8) is 0 Å². The SMILES string of the molecule is CCC[C@@H](C)Oc1ccc(C2N=C(c3cc(CO)ccc3Cl)N=C(OC)N2C)cn1. The lowest BCUT2D eigenvalue weighted by molar-refractivity contribution is 0.201. The van der Waals surface area contributed by atoms with E-state index in [9.17, 15) is 5.11 Å². The Morgan fingerprint density at radius 1 is 1.27 bits per heavy atom. The van der Waals surface area contributed by atoms with Crippen molar-refractivity contribution in [2.45, 2.75) is 45.6 Å². The van der Waals surface area contributed by atoms with E-state index in [1.807, 2.05) is 31.0 Å². The van der Waals surface area contributed by atoms with Crippen molar-refractivity contribution in [2.75, 3.05) is 14.2 Å². The first-order chi connectivity index (χ1) is 14.5. The lowest BCUT2D eigenvalue weighted by Crippen LogP contribution is -2.36. The summed E-state index contributed by atoms with van der Waals surface area (Å²) in [5.74, 6) is 1.02. The topological polar surface area (TPSA) is 79.5 Å². The second-order valence-electron chi connectivity index (χ2n) is 7.16. The molecule has 8 heteroatoms. The van der Waals surface area contributed by atoms with Crippen LogP contribution < -0.4 is 4.74 Å². The molecule has 1 aliphatic rings. The first-order valence-corrected chi connectivity index (χ1v) is 10.3. The quantitative estimate of drug-likeness (QED) is 0.712. The summed E-state index contributed by atoms with van der Waals surface area (Å²) in [5.41, 5.74) is 2.23. The smallest absolute Gasteiger partial charge is 0.295 e. The second-order valence-corrected chi connectivity index (χ2v) is 7.56. The van der Waals surface area contributed by atoms with Gasteiger partial charge >= 0.3 is 0 Å². The van der Waals surface area contributed by atoms with Crippen LogP contribution in [0, 0.1) is 0 Å². The highest BCUT2D eigenvalue weighted by Gasteiger charge is 2.27. The third-order valence-electron chi connectivity index (χ3n) is 4.83. The van der Waals surface area contributed by atoms with Gasteiger partial charge in [-0.3, -0.25) is 0 Å². The van der Waals surface area contributed by atoms with Crippen molar-refractivity contribution < 1.29 is 14.6 Å². The van der Waals surface area contributed by atoms with E-state index in [2.05, 4.69) is 16.9 Å². The fourth-order valence-corrected chi connectivity index (χ4v) is 3.45. The zero-order valence-electron chi connectivity index (χ0n) is 17.7. The van der Waals surface area contributed by atoms with E-state index < -0.39 is 6.17 Å². The summed E-state index contributed by atoms with van der Waals surface area (Å²) in [6.07, 6.45) is 3.51. The maximum absolute atomic E-state index is 9.47. The van der Waals surface area contributed by atoms with E-state index in [0.29, 0.717) is 28.3 Å². The Morgan fingerprint density at radius 3 is 2.70 bits per heavy atom. The van der Waals surface area contributed by atoms with Crippen LogP contribution in [0.15, 0.2) is 46.5 Å². The number of rotatable bonds is 7. The number of hydrogen-bond donors (Lipinski definition) is 1. The fraction of sp³-hybridized carbons (Fsp3) is 0.409. The van der Waals surface area contributed by atoms with Crippen LogP contribution in [0.4, 0.5) is 0 Å². The zero-order valence-corrected chi connectivity index (χ0v) is 18.4. The van der Waals surface area contributed by atoms with Gasteiger partial charge in [-0.15, -0.1) is 0 Å². The number of ether oxygens (including phenoxy) is 2. The van der Waals surface area contributed by atoms with Gasteiger partial charge in [-0.05, 0) is 37.1 Å². The summed E-state index contributed by atoms with van der Waals surface area (Å²) in [6.45, 7) is 4.07. The van der Waals surface area contributed by atoms with Gasteiger partial charge in [0.25, 0.3) is 6.02 Å². The average Bonchev–Trinajstić information content (AvgIpc) is 2.75. The molecule has 30 heavy (non-hydrogen) atoms. The third kappa shape index (κ3) is 4.91. The molecule has 2 heterocycles. The Balaban J connectivity index is 1.93. The second kappa shape index (κ2) is 9.91. The van der Waals surface area contributed by atoms with E-state index in [-0.39, 0.29) is 12.7 Å². The molecule has 0 saturated heterocycles. The first kappa shape index (κ1) is 22.1. The summed E-state index contributed by atoms with van der Waals surface area (Å²) in [7, 11) is 3.41. The van der Waals surface area contributed by atoms with E-state index in [4.69, 9.17) is 26.1 Å². The number of aromatic nitrogens is 1. The van der Waals surface area contributed by atoms with Crippen molar-refractivity contribution in [1.82, 2.24) is 9.88 Å². The molecule has 1 aromatic heterocycles. The number of aliphatic hydroxyl groups is 1. The summed E-state index contributed by atoms with van der Waals surface area (Å²) < 4.78 is 11.3. The van der Waals surface area contributed by atoms with Gasteiger partial charge in [0.2, 0.25) is 5.88 Å².